The Kier molecular flexibility index (Phi) is 2.91. The molecule has 0 atom stereocenters. The molecule has 1 heterocycles. The summed E-state index contributed by atoms with van der Waals surface area (Å²) in [5.41, 5.74) is 1.82. The molecule has 0 radical (unpaired) electrons. The number of hydrogen-bond donors (Lipinski definition) is 0. The van der Waals surface area contributed by atoms with Gasteiger partial charge in [-0.3, -0.25) is 0 Å². The van der Waals surface area contributed by atoms with Gasteiger partial charge in [-0.2, -0.15) is 0 Å². The highest BCUT2D eigenvalue weighted by molar-refractivity contribution is 7.99. The molecule has 0 amide bonds. The molecule has 102 valence electrons. The lowest BCUT2D eigenvalue weighted by atomic mass is 9.50. The summed E-state index contributed by atoms with van der Waals surface area (Å²) in [6.45, 7) is 2.09. The molecule has 1 aromatic heterocycles. The van der Waals surface area contributed by atoms with Crippen LogP contribution in [0.1, 0.15) is 44.2 Å². The van der Waals surface area contributed by atoms with E-state index in [0.717, 1.165) is 23.4 Å². The first-order valence-corrected chi connectivity index (χ1v) is 8.76. The van der Waals surface area contributed by atoms with Gasteiger partial charge in [-0.15, -0.1) is 11.8 Å². The molecule has 5 rings (SSSR count). The van der Waals surface area contributed by atoms with Crippen LogP contribution in [0.4, 0.5) is 0 Å². The van der Waals surface area contributed by atoms with Crippen molar-refractivity contribution in [1.82, 2.24) is 4.98 Å². The summed E-state index contributed by atoms with van der Waals surface area (Å²) >= 11 is 2.01. The van der Waals surface area contributed by atoms with Crippen LogP contribution in [0, 0.1) is 30.1 Å². The minimum Gasteiger partial charge on any atom is -0.247 e. The molecule has 4 saturated carbocycles. The molecule has 1 nitrogen and oxygen atoms in total. The van der Waals surface area contributed by atoms with Gasteiger partial charge in [-0.05, 0) is 80.8 Å². The first-order chi connectivity index (χ1) is 9.21. The maximum absolute atomic E-state index is 4.65. The minimum atomic E-state index is 0.671. The van der Waals surface area contributed by atoms with Crippen molar-refractivity contribution < 1.29 is 0 Å². The van der Waals surface area contributed by atoms with Gasteiger partial charge in [0.2, 0.25) is 0 Å². The number of rotatable bonds is 3. The quantitative estimate of drug-likeness (QED) is 0.740. The van der Waals surface area contributed by atoms with Crippen LogP contribution in [0.15, 0.2) is 23.2 Å². The lowest BCUT2D eigenvalue weighted by Gasteiger charge is -2.56. The SMILES string of the molecule is Cc1cccc(SCC23CC4CC(CC(C4)C2)C3)n1. The van der Waals surface area contributed by atoms with E-state index in [1.807, 2.05) is 11.8 Å². The fourth-order valence-electron chi connectivity index (χ4n) is 5.29. The van der Waals surface area contributed by atoms with Crippen LogP contribution >= 0.6 is 11.8 Å². The van der Waals surface area contributed by atoms with Crippen LogP contribution in [-0.4, -0.2) is 10.7 Å². The summed E-state index contributed by atoms with van der Waals surface area (Å²) in [7, 11) is 0. The topological polar surface area (TPSA) is 12.9 Å². The minimum absolute atomic E-state index is 0.671. The summed E-state index contributed by atoms with van der Waals surface area (Å²) in [6.07, 6.45) is 9.18. The van der Waals surface area contributed by atoms with Crippen LogP contribution < -0.4 is 0 Å². The Morgan fingerprint density at radius 2 is 1.74 bits per heavy atom. The zero-order valence-corrected chi connectivity index (χ0v) is 12.6. The van der Waals surface area contributed by atoms with Gasteiger partial charge in [0.15, 0.2) is 0 Å². The monoisotopic (exact) mass is 273 g/mol. The second-order valence-corrected chi connectivity index (χ2v) is 8.32. The van der Waals surface area contributed by atoms with Gasteiger partial charge in [0.25, 0.3) is 0 Å². The fraction of sp³-hybridized carbons (Fsp3) is 0.706. The molecular formula is C17H23NS. The zero-order valence-electron chi connectivity index (χ0n) is 11.8. The van der Waals surface area contributed by atoms with E-state index in [2.05, 4.69) is 30.1 Å². The Morgan fingerprint density at radius 1 is 1.11 bits per heavy atom. The van der Waals surface area contributed by atoms with E-state index in [1.54, 1.807) is 19.3 Å². The zero-order chi connectivity index (χ0) is 12.9. The lowest BCUT2D eigenvalue weighted by molar-refractivity contribution is -0.0381. The molecule has 1 aromatic rings. The van der Waals surface area contributed by atoms with Crippen LogP contribution in [-0.2, 0) is 0 Å². The van der Waals surface area contributed by atoms with Crippen molar-refractivity contribution >= 4 is 11.8 Å². The van der Waals surface area contributed by atoms with Crippen LogP contribution in [0.2, 0.25) is 0 Å². The third-order valence-electron chi connectivity index (χ3n) is 5.55. The fourth-order valence-corrected chi connectivity index (χ4v) is 6.48. The highest BCUT2D eigenvalue weighted by atomic mass is 32.2. The van der Waals surface area contributed by atoms with Crippen molar-refractivity contribution in [3.8, 4) is 0 Å². The molecule has 0 spiro atoms. The molecule has 4 bridgehead atoms. The van der Waals surface area contributed by atoms with Gasteiger partial charge in [-0.25, -0.2) is 4.98 Å². The van der Waals surface area contributed by atoms with E-state index >= 15 is 0 Å². The van der Waals surface area contributed by atoms with Gasteiger partial charge in [0.1, 0.15) is 0 Å². The van der Waals surface area contributed by atoms with E-state index in [0.29, 0.717) is 5.41 Å². The van der Waals surface area contributed by atoms with Crippen molar-refractivity contribution in [2.24, 2.45) is 23.2 Å². The van der Waals surface area contributed by atoms with Gasteiger partial charge >= 0.3 is 0 Å². The Labute approximate surface area is 120 Å². The number of thioether (sulfide) groups is 1. The van der Waals surface area contributed by atoms with Gasteiger partial charge < -0.3 is 0 Å². The molecule has 2 heteroatoms. The van der Waals surface area contributed by atoms with Crippen LogP contribution in [0.25, 0.3) is 0 Å². The van der Waals surface area contributed by atoms with Gasteiger partial charge in [0.05, 0.1) is 5.03 Å². The molecule has 4 aliphatic carbocycles. The molecule has 19 heavy (non-hydrogen) atoms. The largest absolute Gasteiger partial charge is 0.247 e. The number of nitrogens with zero attached hydrogens (tertiary/aromatic N) is 1. The first-order valence-electron chi connectivity index (χ1n) is 7.77. The van der Waals surface area contributed by atoms with Crippen molar-refractivity contribution in [2.45, 2.75) is 50.5 Å². The molecule has 0 aromatic carbocycles. The number of aromatic nitrogens is 1. The van der Waals surface area contributed by atoms with E-state index in [9.17, 15) is 0 Å². The number of aryl methyl sites for hydroxylation is 1. The van der Waals surface area contributed by atoms with Crippen molar-refractivity contribution in [1.29, 1.82) is 0 Å². The number of hydrogen-bond acceptors (Lipinski definition) is 2. The van der Waals surface area contributed by atoms with Crippen molar-refractivity contribution in [2.75, 3.05) is 5.75 Å². The molecule has 0 aliphatic heterocycles. The predicted molar refractivity (Wildman–Crippen MR) is 80.3 cm³/mol. The Morgan fingerprint density at radius 3 is 2.32 bits per heavy atom. The molecule has 0 unspecified atom stereocenters. The molecule has 0 saturated heterocycles. The Bertz CT molecular complexity index is 447. The average molecular weight is 273 g/mol. The maximum Gasteiger partial charge on any atom is 0.0963 e. The van der Waals surface area contributed by atoms with Gasteiger partial charge in [0, 0.05) is 11.4 Å². The average Bonchev–Trinajstić information content (AvgIpc) is 2.35. The van der Waals surface area contributed by atoms with Gasteiger partial charge in [-0.1, -0.05) is 6.07 Å². The molecular weight excluding hydrogens is 250 g/mol. The molecule has 4 aliphatic rings. The number of pyridine rings is 1. The normalized spacial score (nSPS) is 39.7. The summed E-state index contributed by atoms with van der Waals surface area (Å²) in [6, 6.07) is 6.41. The third-order valence-corrected chi connectivity index (χ3v) is 6.83. The highest BCUT2D eigenvalue weighted by Gasteiger charge is 2.50. The second kappa shape index (κ2) is 4.51. The van der Waals surface area contributed by atoms with Crippen molar-refractivity contribution in [3.63, 3.8) is 0 Å². The second-order valence-electron chi connectivity index (χ2n) is 7.32. The molecule has 0 N–H and O–H groups in total. The molecule has 4 fully saturated rings. The van der Waals surface area contributed by atoms with E-state index in [-0.39, 0.29) is 0 Å². The lowest BCUT2D eigenvalue weighted by Crippen LogP contribution is -2.47. The van der Waals surface area contributed by atoms with E-state index in [1.165, 1.54) is 30.0 Å². The Hall–Kier alpha value is -0.500. The summed E-state index contributed by atoms with van der Waals surface area (Å²) in [4.78, 5) is 4.65. The predicted octanol–water partition coefficient (Wildman–Crippen LogP) is 4.70. The standard InChI is InChI=1S/C17H23NS/c1-12-3-2-4-16(18-12)19-11-17-8-13-5-14(9-17)7-15(6-13)10-17/h2-4,13-15H,5-11H2,1H3. The summed E-state index contributed by atoms with van der Waals surface area (Å²) in [5, 5.41) is 1.23. The van der Waals surface area contributed by atoms with E-state index in [4.69, 9.17) is 0 Å². The Balaban J connectivity index is 1.48. The van der Waals surface area contributed by atoms with Crippen LogP contribution in [0.5, 0.6) is 0 Å². The summed E-state index contributed by atoms with van der Waals surface area (Å²) in [5.74, 6) is 4.51. The van der Waals surface area contributed by atoms with Crippen LogP contribution in [0.3, 0.4) is 0 Å². The third kappa shape index (κ3) is 2.33. The highest BCUT2D eigenvalue weighted by Crippen LogP contribution is 2.61. The van der Waals surface area contributed by atoms with Crippen molar-refractivity contribution in [3.05, 3.63) is 23.9 Å². The smallest absolute Gasteiger partial charge is 0.0963 e. The first kappa shape index (κ1) is 12.3. The summed E-state index contributed by atoms with van der Waals surface area (Å²) < 4.78 is 0. The maximum atomic E-state index is 4.65. The van der Waals surface area contributed by atoms with E-state index < -0.39 is 0 Å².